The summed E-state index contributed by atoms with van der Waals surface area (Å²) in [6.45, 7) is 0.662. The van der Waals surface area contributed by atoms with Crippen molar-refractivity contribution in [3.05, 3.63) is 59.9 Å². The lowest BCUT2D eigenvalue weighted by molar-refractivity contribution is 0.281. The third kappa shape index (κ3) is 4.06. The number of benzene rings is 2. The Kier molecular flexibility index (Phi) is 5.45. The van der Waals surface area contributed by atoms with Crippen LogP contribution in [-0.2, 0) is 6.61 Å². The van der Waals surface area contributed by atoms with Crippen LogP contribution in [0.5, 0.6) is 5.75 Å². The van der Waals surface area contributed by atoms with Crippen molar-refractivity contribution in [2.24, 2.45) is 0 Å². The highest BCUT2D eigenvalue weighted by atomic mass is 16.5. The van der Waals surface area contributed by atoms with E-state index in [1.807, 2.05) is 42.5 Å². The highest BCUT2D eigenvalue weighted by Gasteiger charge is 2.04. The number of aromatic nitrogens is 2. The van der Waals surface area contributed by atoms with Gasteiger partial charge in [0, 0.05) is 23.9 Å². The molecule has 5 nitrogen and oxygen atoms in total. The number of hydrogen-bond acceptors (Lipinski definition) is 5. The lowest BCUT2D eigenvalue weighted by atomic mass is 10.1. The van der Waals surface area contributed by atoms with Crippen LogP contribution in [0.1, 0.15) is 17.5 Å². The van der Waals surface area contributed by atoms with E-state index in [9.17, 15) is 5.11 Å². The quantitative estimate of drug-likeness (QED) is 0.555. The predicted molar refractivity (Wildman–Crippen MR) is 98.4 cm³/mol. The molecule has 0 bridgehead atoms. The molecule has 0 atom stereocenters. The van der Waals surface area contributed by atoms with Crippen LogP contribution < -0.4 is 10.1 Å². The lowest BCUT2D eigenvalue weighted by Gasteiger charge is -2.08. The van der Waals surface area contributed by atoms with Crippen LogP contribution in [0.25, 0.3) is 10.9 Å². The Hall–Kier alpha value is -3.10. The first kappa shape index (κ1) is 16.7. The number of aliphatic hydroxyl groups is 1. The molecule has 0 saturated heterocycles. The summed E-state index contributed by atoms with van der Waals surface area (Å²) in [5.41, 5.74) is 2.57. The summed E-state index contributed by atoms with van der Waals surface area (Å²) in [4.78, 5) is 8.57. The summed E-state index contributed by atoms with van der Waals surface area (Å²) in [6.07, 6.45) is 2.20. The number of anilines is 1. The predicted octanol–water partition coefficient (Wildman–Crippen LogP) is 2.98. The van der Waals surface area contributed by atoms with E-state index in [0.717, 1.165) is 33.6 Å². The highest BCUT2D eigenvalue weighted by Crippen LogP contribution is 2.24. The number of rotatable bonds is 5. The van der Waals surface area contributed by atoms with Crippen LogP contribution >= 0.6 is 0 Å². The van der Waals surface area contributed by atoms with Gasteiger partial charge in [-0.3, -0.25) is 0 Å². The summed E-state index contributed by atoms with van der Waals surface area (Å²) < 4.78 is 5.27. The summed E-state index contributed by atoms with van der Waals surface area (Å²) >= 11 is 0. The van der Waals surface area contributed by atoms with Crippen molar-refractivity contribution in [2.45, 2.75) is 13.0 Å². The number of ether oxygens (including phenoxy) is 1. The molecule has 5 heteroatoms. The maximum atomic E-state index is 9.31. The first-order valence-corrected chi connectivity index (χ1v) is 8.02. The molecule has 0 spiro atoms. The van der Waals surface area contributed by atoms with Crippen molar-refractivity contribution < 1.29 is 9.84 Å². The number of hydrogen-bond donors (Lipinski definition) is 2. The Labute approximate surface area is 146 Å². The Balaban J connectivity index is 1.67. The topological polar surface area (TPSA) is 67.3 Å². The van der Waals surface area contributed by atoms with E-state index in [-0.39, 0.29) is 6.61 Å². The van der Waals surface area contributed by atoms with Gasteiger partial charge in [0.2, 0.25) is 0 Å². The minimum Gasteiger partial charge on any atom is -0.497 e. The molecule has 0 unspecified atom stereocenters. The van der Waals surface area contributed by atoms with E-state index in [2.05, 4.69) is 27.1 Å². The normalized spacial score (nSPS) is 10.2. The standard InChI is InChI=1S/C20H19N3O2/c1-25-17-9-10-19-18(12-17)20(23-14-22-19)21-11-5-4-7-15-6-2-3-8-16(15)13-24/h2-3,6,8-10,12,14,24H,5,11,13H2,1H3,(H,21,22,23). The monoisotopic (exact) mass is 333 g/mol. The van der Waals surface area contributed by atoms with Crippen LogP contribution in [0.15, 0.2) is 48.8 Å². The number of aliphatic hydroxyl groups excluding tert-OH is 1. The molecule has 0 saturated carbocycles. The van der Waals surface area contributed by atoms with Crippen molar-refractivity contribution in [3.8, 4) is 17.6 Å². The molecule has 1 aromatic heterocycles. The van der Waals surface area contributed by atoms with E-state index in [0.29, 0.717) is 13.0 Å². The van der Waals surface area contributed by atoms with Gasteiger partial charge in [-0.05, 0) is 29.8 Å². The maximum Gasteiger partial charge on any atom is 0.137 e. The van der Waals surface area contributed by atoms with Gasteiger partial charge in [-0.1, -0.05) is 30.0 Å². The molecule has 0 aliphatic heterocycles. The van der Waals surface area contributed by atoms with Gasteiger partial charge >= 0.3 is 0 Å². The van der Waals surface area contributed by atoms with Crippen LogP contribution in [0.2, 0.25) is 0 Å². The van der Waals surface area contributed by atoms with Gasteiger partial charge in [0.15, 0.2) is 0 Å². The van der Waals surface area contributed by atoms with Crippen molar-refractivity contribution in [3.63, 3.8) is 0 Å². The summed E-state index contributed by atoms with van der Waals surface area (Å²) in [5.74, 6) is 7.76. The molecule has 2 N–H and O–H groups in total. The zero-order valence-electron chi connectivity index (χ0n) is 14.0. The second-order valence-electron chi connectivity index (χ2n) is 5.40. The van der Waals surface area contributed by atoms with Gasteiger partial charge in [0.05, 0.1) is 19.2 Å². The zero-order valence-corrected chi connectivity index (χ0v) is 14.0. The minimum absolute atomic E-state index is 0.00212. The molecule has 25 heavy (non-hydrogen) atoms. The maximum absolute atomic E-state index is 9.31. The van der Waals surface area contributed by atoms with Gasteiger partial charge in [0.25, 0.3) is 0 Å². The number of nitrogens with zero attached hydrogens (tertiary/aromatic N) is 2. The molecule has 126 valence electrons. The molecule has 0 aliphatic rings. The Morgan fingerprint density at radius 2 is 2.04 bits per heavy atom. The fraction of sp³-hybridized carbons (Fsp3) is 0.200. The summed E-state index contributed by atoms with van der Waals surface area (Å²) in [5, 5.41) is 13.5. The number of nitrogens with one attached hydrogen (secondary N) is 1. The molecule has 3 rings (SSSR count). The number of fused-ring (bicyclic) bond motifs is 1. The molecular weight excluding hydrogens is 314 g/mol. The molecular formula is C20H19N3O2. The Morgan fingerprint density at radius 3 is 2.88 bits per heavy atom. The van der Waals surface area contributed by atoms with E-state index in [1.165, 1.54) is 0 Å². The van der Waals surface area contributed by atoms with Crippen molar-refractivity contribution in [2.75, 3.05) is 19.0 Å². The molecule has 2 aromatic carbocycles. The average molecular weight is 333 g/mol. The molecule has 1 heterocycles. The molecule has 0 amide bonds. The SMILES string of the molecule is COc1ccc2ncnc(NCCC#Cc3ccccc3CO)c2c1. The fourth-order valence-electron chi connectivity index (χ4n) is 2.48. The van der Waals surface area contributed by atoms with Gasteiger partial charge < -0.3 is 15.2 Å². The largest absolute Gasteiger partial charge is 0.497 e. The molecule has 0 fully saturated rings. The van der Waals surface area contributed by atoms with E-state index < -0.39 is 0 Å². The molecule has 3 aromatic rings. The molecule has 0 radical (unpaired) electrons. The van der Waals surface area contributed by atoms with Crippen molar-refractivity contribution in [1.82, 2.24) is 9.97 Å². The second kappa shape index (κ2) is 8.13. The minimum atomic E-state index is -0.00212. The highest BCUT2D eigenvalue weighted by molar-refractivity contribution is 5.89. The van der Waals surface area contributed by atoms with Crippen LogP contribution in [0, 0.1) is 11.8 Å². The van der Waals surface area contributed by atoms with Crippen LogP contribution in [0.4, 0.5) is 5.82 Å². The lowest BCUT2D eigenvalue weighted by Crippen LogP contribution is -2.03. The van der Waals surface area contributed by atoms with E-state index in [4.69, 9.17) is 4.74 Å². The zero-order chi connectivity index (χ0) is 17.5. The van der Waals surface area contributed by atoms with Gasteiger partial charge in [0.1, 0.15) is 17.9 Å². The van der Waals surface area contributed by atoms with Crippen molar-refractivity contribution >= 4 is 16.7 Å². The smallest absolute Gasteiger partial charge is 0.137 e. The second-order valence-corrected chi connectivity index (χ2v) is 5.40. The van der Waals surface area contributed by atoms with Crippen molar-refractivity contribution in [1.29, 1.82) is 0 Å². The third-order valence-electron chi connectivity index (χ3n) is 3.80. The summed E-state index contributed by atoms with van der Waals surface area (Å²) in [6, 6.07) is 13.3. The Morgan fingerprint density at radius 1 is 1.16 bits per heavy atom. The van der Waals surface area contributed by atoms with Crippen LogP contribution in [0.3, 0.4) is 0 Å². The van der Waals surface area contributed by atoms with Crippen LogP contribution in [-0.4, -0.2) is 28.7 Å². The summed E-state index contributed by atoms with van der Waals surface area (Å²) in [7, 11) is 1.64. The Bertz CT molecular complexity index is 929. The fourth-order valence-corrected chi connectivity index (χ4v) is 2.48. The van der Waals surface area contributed by atoms with Gasteiger partial charge in [-0.2, -0.15) is 0 Å². The van der Waals surface area contributed by atoms with E-state index >= 15 is 0 Å². The third-order valence-corrected chi connectivity index (χ3v) is 3.80. The van der Waals surface area contributed by atoms with Gasteiger partial charge in [-0.15, -0.1) is 0 Å². The first-order valence-electron chi connectivity index (χ1n) is 8.02. The molecule has 0 aliphatic carbocycles. The average Bonchev–Trinajstić information content (AvgIpc) is 2.67. The van der Waals surface area contributed by atoms with Gasteiger partial charge in [-0.25, -0.2) is 9.97 Å². The number of methoxy groups -OCH3 is 1. The first-order chi connectivity index (χ1) is 12.3. The van der Waals surface area contributed by atoms with E-state index in [1.54, 1.807) is 13.4 Å².